The number of hydrogen-bond donors (Lipinski definition) is 0. The molecule has 0 aromatic heterocycles. The lowest BCUT2D eigenvalue weighted by Crippen LogP contribution is -2.10. The van der Waals surface area contributed by atoms with Gasteiger partial charge in [-0.05, 0) is 32.1 Å². The summed E-state index contributed by atoms with van der Waals surface area (Å²) < 4.78 is 0. The molecule has 0 atom stereocenters. The van der Waals surface area contributed by atoms with E-state index in [1.54, 1.807) is 0 Å². The molecule has 0 saturated carbocycles. The third kappa shape index (κ3) is 4.48. The molecule has 0 saturated heterocycles. The van der Waals surface area contributed by atoms with E-state index >= 15 is 0 Å². The molecule has 0 heterocycles. The highest BCUT2D eigenvalue weighted by molar-refractivity contribution is 5.16. The number of allylic oxidation sites excluding steroid dienone is 1. The molecule has 0 bridgehead atoms. The monoisotopic (exact) mass is 174 g/mol. The summed E-state index contributed by atoms with van der Waals surface area (Å²) >= 11 is 0. The quantitative estimate of drug-likeness (QED) is 0.632. The summed E-state index contributed by atoms with van der Waals surface area (Å²) in [4.78, 5) is 2.14. The van der Waals surface area contributed by atoms with Crippen molar-refractivity contribution in [3.05, 3.63) is 48.0 Å². The van der Waals surface area contributed by atoms with Gasteiger partial charge in [-0.1, -0.05) is 36.4 Å². The lowest BCUT2D eigenvalue weighted by Gasteiger charge is -2.03. The van der Waals surface area contributed by atoms with Crippen molar-refractivity contribution in [1.82, 2.24) is 4.90 Å². The highest BCUT2D eigenvalue weighted by Crippen LogP contribution is 1.98. The van der Waals surface area contributed by atoms with E-state index in [4.69, 9.17) is 0 Å². The van der Waals surface area contributed by atoms with E-state index in [2.05, 4.69) is 43.3 Å². The van der Waals surface area contributed by atoms with Gasteiger partial charge in [0, 0.05) is 6.54 Å². The number of rotatable bonds is 4. The van der Waals surface area contributed by atoms with Crippen LogP contribution in [0.15, 0.2) is 36.4 Å². The van der Waals surface area contributed by atoms with Crippen LogP contribution in [0.1, 0.15) is 5.56 Å². The van der Waals surface area contributed by atoms with Gasteiger partial charge in [0.15, 0.2) is 0 Å². The summed E-state index contributed by atoms with van der Waals surface area (Å²) in [5, 5.41) is 0. The zero-order valence-electron chi connectivity index (χ0n) is 8.33. The summed E-state index contributed by atoms with van der Waals surface area (Å²) in [6.07, 6.45) is 5.35. The second-order valence-corrected chi connectivity index (χ2v) is 3.33. The first-order valence-corrected chi connectivity index (χ1v) is 4.54. The molecule has 1 aromatic rings. The van der Waals surface area contributed by atoms with Crippen molar-refractivity contribution in [3.8, 4) is 0 Å². The van der Waals surface area contributed by atoms with E-state index in [0.717, 1.165) is 13.0 Å². The maximum Gasteiger partial charge on any atom is 0.0157 e. The second kappa shape index (κ2) is 5.55. The normalized spacial score (nSPS) is 11.3. The van der Waals surface area contributed by atoms with Crippen LogP contribution in [0.2, 0.25) is 0 Å². The lowest BCUT2D eigenvalue weighted by atomic mass is 10.1. The van der Waals surface area contributed by atoms with E-state index in [1.165, 1.54) is 5.56 Å². The Morgan fingerprint density at radius 1 is 1.31 bits per heavy atom. The SMILES string of the molecule is CN(C)CC=CCc1[c]cccc1. The molecule has 0 aliphatic rings. The zero-order valence-corrected chi connectivity index (χ0v) is 8.33. The molecule has 0 N–H and O–H groups in total. The van der Waals surface area contributed by atoms with Crippen molar-refractivity contribution >= 4 is 0 Å². The first-order chi connectivity index (χ1) is 6.29. The van der Waals surface area contributed by atoms with Gasteiger partial charge in [-0.25, -0.2) is 0 Å². The lowest BCUT2D eigenvalue weighted by molar-refractivity contribution is 0.456. The van der Waals surface area contributed by atoms with Gasteiger partial charge in [-0.2, -0.15) is 0 Å². The van der Waals surface area contributed by atoms with Crippen LogP contribution in [0.3, 0.4) is 0 Å². The van der Waals surface area contributed by atoms with E-state index in [-0.39, 0.29) is 0 Å². The molecule has 1 nitrogen and oxygen atoms in total. The third-order valence-corrected chi connectivity index (χ3v) is 1.75. The van der Waals surface area contributed by atoms with Crippen LogP contribution in [0.5, 0.6) is 0 Å². The van der Waals surface area contributed by atoms with Gasteiger partial charge in [0.25, 0.3) is 0 Å². The van der Waals surface area contributed by atoms with Crippen LogP contribution in [0.25, 0.3) is 0 Å². The van der Waals surface area contributed by atoms with E-state index in [0.29, 0.717) is 0 Å². The van der Waals surface area contributed by atoms with Gasteiger partial charge in [0.05, 0.1) is 0 Å². The van der Waals surface area contributed by atoms with Crippen molar-refractivity contribution in [2.45, 2.75) is 6.42 Å². The van der Waals surface area contributed by atoms with Gasteiger partial charge in [0.1, 0.15) is 0 Å². The summed E-state index contributed by atoms with van der Waals surface area (Å²) in [7, 11) is 4.14. The number of hydrogen-bond acceptors (Lipinski definition) is 1. The molecular formula is C12H16N. The van der Waals surface area contributed by atoms with Crippen molar-refractivity contribution in [2.24, 2.45) is 0 Å². The summed E-state index contributed by atoms with van der Waals surface area (Å²) in [5.74, 6) is 0. The van der Waals surface area contributed by atoms with E-state index in [9.17, 15) is 0 Å². The van der Waals surface area contributed by atoms with Crippen LogP contribution in [-0.2, 0) is 6.42 Å². The Kier molecular flexibility index (Phi) is 4.27. The molecule has 1 radical (unpaired) electrons. The highest BCUT2D eigenvalue weighted by atomic mass is 15.0. The fourth-order valence-electron chi connectivity index (χ4n) is 1.05. The molecule has 0 aliphatic heterocycles. The Balaban J connectivity index is 2.31. The summed E-state index contributed by atoms with van der Waals surface area (Å²) in [6, 6.07) is 11.3. The Morgan fingerprint density at radius 3 is 2.77 bits per heavy atom. The van der Waals surface area contributed by atoms with Crippen molar-refractivity contribution in [2.75, 3.05) is 20.6 Å². The average molecular weight is 174 g/mol. The number of likely N-dealkylation sites (N-methyl/N-ethyl adjacent to an activating group) is 1. The smallest absolute Gasteiger partial charge is 0.0157 e. The summed E-state index contributed by atoms with van der Waals surface area (Å²) in [6.45, 7) is 1.01. The predicted molar refractivity (Wildman–Crippen MR) is 56.7 cm³/mol. The van der Waals surface area contributed by atoms with Crippen molar-refractivity contribution in [1.29, 1.82) is 0 Å². The second-order valence-electron chi connectivity index (χ2n) is 3.33. The molecule has 0 unspecified atom stereocenters. The Labute approximate surface area is 80.7 Å². The number of benzene rings is 1. The van der Waals surface area contributed by atoms with Crippen LogP contribution in [0.4, 0.5) is 0 Å². The van der Waals surface area contributed by atoms with Gasteiger partial charge in [0.2, 0.25) is 0 Å². The average Bonchev–Trinajstić information content (AvgIpc) is 2.14. The highest BCUT2D eigenvalue weighted by Gasteiger charge is 1.86. The molecule has 0 aliphatic carbocycles. The van der Waals surface area contributed by atoms with E-state index in [1.807, 2.05) is 18.2 Å². The van der Waals surface area contributed by atoms with Crippen LogP contribution < -0.4 is 0 Å². The molecule has 1 aromatic carbocycles. The maximum atomic E-state index is 3.19. The number of nitrogens with zero attached hydrogens (tertiary/aromatic N) is 1. The molecule has 0 amide bonds. The van der Waals surface area contributed by atoms with E-state index < -0.39 is 0 Å². The zero-order chi connectivity index (χ0) is 9.52. The van der Waals surface area contributed by atoms with Crippen LogP contribution in [0, 0.1) is 6.07 Å². The Morgan fingerprint density at radius 2 is 2.15 bits per heavy atom. The third-order valence-electron chi connectivity index (χ3n) is 1.75. The minimum atomic E-state index is 0.981. The molecule has 1 heteroatoms. The molecular weight excluding hydrogens is 158 g/mol. The fourth-order valence-corrected chi connectivity index (χ4v) is 1.05. The van der Waals surface area contributed by atoms with Gasteiger partial charge < -0.3 is 4.90 Å². The maximum absolute atomic E-state index is 3.19. The first kappa shape index (κ1) is 10.0. The molecule has 1 rings (SSSR count). The van der Waals surface area contributed by atoms with Crippen molar-refractivity contribution in [3.63, 3.8) is 0 Å². The minimum Gasteiger partial charge on any atom is -0.306 e. The van der Waals surface area contributed by atoms with Gasteiger partial charge in [-0.15, -0.1) is 0 Å². The molecule has 69 valence electrons. The van der Waals surface area contributed by atoms with Crippen molar-refractivity contribution < 1.29 is 0 Å². The minimum absolute atomic E-state index is 0.981. The fraction of sp³-hybridized carbons (Fsp3) is 0.333. The molecule has 0 spiro atoms. The summed E-state index contributed by atoms with van der Waals surface area (Å²) in [5.41, 5.74) is 1.25. The Hall–Kier alpha value is -1.08. The first-order valence-electron chi connectivity index (χ1n) is 4.54. The Bertz CT molecular complexity index is 249. The van der Waals surface area contributed by atoms with Crippen LogP contribution >= 0.6 is 0 Å². The predicted octanol–water partition coefficient (Wildman–Crippen LogP) is 2.15. The van der Waals surface area contributed by atoms with Crippen LogP contribution in [-0.4, -0.2) is 25.5 Å². The van der Waals surface area contributed by atoms with Gasteiger partial charge in [-0.3, -0.25) is 0 Å². The topological polar surface area (TPSA) is 3.24 Å². The van der Waals surface area contributed by atoms with Gasteiger partial charge >= 0.3 is 0 Å². The standard InChI is InChI=1S/C12H16N/c1-13(2)11-7-6-10-12-8-4-3-5-9-12/h3-8H,10-11H2,1-2H3. The molecule has 0 fully saturated rings. The largest absolute Gasteiger partial charge is 0.306 e. The molecule has 13 heavy (non-hydrogen) atoms.